The molecule has 1 fully saturated rings. The van der Waals surface area contributed by atoms with Gasteiger partial charge in [0.15, 0.2) is 17.5 Å². The van der Waals surface area contributed by atoms with Gasteiger partial charge in [-0.05, 0) is 19.3 Å². The summed E-state index contributed by atoms with van der Waals surface area (Å²) in [5.74, 6) is -11.0. The number of benzene rings is 1. The topological polar surface area (TPSA) is 49.3 Å². The van der Waals surface area contributed by atoms with Gasteiger partial charge in [0, 0.05) is 17.8 Å². The second-order valence-corrected chi connectivity index (χ2v) is 4.67. The van der Waals surface area contributed by atoms with Crippen molar-refractivity contribution in [2.24, 2.45) is 0 Å². The van der Waals surface area contributed by atoms with Crippen LogP contribution in [0.15, 0.2) is 12.1 Å². The molecule has 3 nitrogen and oxygen atoms in total. The number of amides is 1. The number of hydrogen-bond acceptors (Lipinski definition) is 2. The van der Waals surface area contributed by atoms with Crippen molar-refractivity contribution in [1.29, 1.82) is 0 Å². The van der Waals surface area contributed by atoms with Crippen LogP contribution < -0.4 is 5.32 Å². The molecule has 0 spiro atoms. The Morgan fingerprint density at radius 1 is 1.20 bits per heavy atom. The summed E-state index contributed by atoms with van der Waals surface area (Å²) in [6, 6.07) is 0.744. The predicted molar refractivity (Wildman–Crippen MR) is 58.7 cm³/mol. The highest BCUT2D eigenvalue weighted by Crippen LogP contribution is 2.44. The lowest BCUT2D eigenvalue weighted by Gasteiger charge is -2.41. The first kappa shape index (κ1) is 14.7. The Hall–Kier alpha value is -1.70. The lowest BCUT2D eigenvalue weighted by atomic mass is 9.75. The Bertz CT molecular complexity index is 534. The van der Waals surface area contributed by atoms with Crippen LogP contribution in [0.2, 0.25) is 0 Å². The van der Waals surface area contributed by atoms with E-state index in [1.54, 1.807) is 5.32 Å². The average molecular weight is 295 g/mol. The van der Waals surface area contributed by atoms with Gasteiger partial charge in [0.2, 0.25) is 0 Å². The Morgan fingerprint density at radius 3 is 2.10 bits per heavy atom. The van der Waals surface area contributed by atoms with Crippen molar-refractivity contribution in [3.63, 3.8) is 0 Å². The van der Waals surface area contributed by atoms with Gasteiger partial charge in [-0.1, -0.05) is 0 Å². The van der Waals surface area contributed by atoms with Gasteiger partial charge in [0.1, 0.15) is 5.60 Å². The van der Waals surface area contributed by atoms with Crippen molar-refractivity contribution >= 4 is 11.6 Å². The van der Waals surface area contributed by atoms with E-state index in [-0.39, 0.29) is 12.8 Å². The highest BCUT2D eigenvalue weighted by molar-refractivity contribution is 5.97. The average Bonchev–Trinajstić information content (AvgIpc) is 2.32. The molecule has 1 aromatic carbocycles. The second kappa shape index (κ2) is 4.69. The van der Waals surface area contributed by atoms with E-state index in [4.69, 9.17) is 0 Å². The molecule has 20 heavy (non-hydrogen) atoms. The number of rotatable bonds is 3. The summed E-state index contributed by atoms with van der Waals surface area (Å²) in [7, 11) is 0. The molecule has 0 heterocycles. The molecule has 0 saturated heterocycles. The van der Waals surface area contributed by atoms with Gasteiger partial charge in [-0.2, -0.15) is 8.78 Å². The minimum atomic E-state index is -4.10. The molecule has 0 radical (unpaired) electrons. The Kier molecular flexibility index (Phi) is 3.45. The maximum Gasteiger partial charge on any atom is 0.352 e. The van der Waals surface area contributed by atoms with Gasteiger partial charge in [-0.25, -0.2) is 13.2 Å². The van der Waals surface area contributed by atoms with Crippen LogP contribution in [0, 0.1) is 17.5 Å². The molecule has 1 aromatic rings. The van der Waals surface area contributed by atoms with Crippen LogP contribution in [0.5, 0.6) is 0 Å². The van der Waals surface area contributed by atoms with E-state index in [2.05, 4.69) is 0 Å². The summed E-state index contributed by atoms with van der Waals surface area (Å²) in [6.45, 7) is 0. The second-order valence-electron chi connectivity index (χ2n) is 4.67. The number of anilines is 1. The third kappa shape index (κ3) is 2.24. The monoisotopic (exact) mass is 295 g/mol. The number of halogens is 5. The van der Waals surface area contributed by atoms with Crippen molar-refractivity contribution in [3.05, 3.63) is 29.6 Å². The summed E-state index contributed by atoms with van der Waals surface area (Å²) in [4.78, 5) is 11.4. The van der Waals surface area contributed by atoms with Crippen molar-refractivity contribution in [1.82, 2.24) is 0 Å². The Morgan fingerprint density at radius 2 is 1.70 bits per heavy atom. The van der Waals surface area contributed by atoms with E-state index in [9.17, 15) is 31.9 Å². The van der Waals surface area contributed by atoms with Gasteiger partial charge in [-0.15, -0.1) is 0 Å². The van der Waals surface area contributed by atoms with E-state index in [0.717, 1.165) is 0 Å². The number of carbonyl (C=O) groups is 1. The summed E-state index contributed by atoms with van der Waals surface area (Å²) >= 11 is 0. The summed E-state index contributed by atoms with van der Waals surface area (Å²) < 4.78 is 65.9. The lowest BCUT2D eigenvalue weighted by molar-refractivity contribution is -0.212. The minimum Gasteiger partial charge on any atom is -0.383 e. The van der Waals surface area contributed by atoms with Crippen LogP contribution in [0.4, 0.5) is 27.6 Å². The molecule has 0 bridgehead atoms. The molecule has 8 heteroatoms. The van der Waals surface area contributed by atoms with E-state index < -0.39 is 40.6 Å². The molecular weight excluding hydrogens is 285 g/mol. The van der Waals surface area contributed by atoms with E-state index in [0.29, 0.717) is 18.6 Å². The molecule has 0 unspecified atom stereocenters. The first-order valence-corrected chi connectivity index (χ1v) is 5.73. The van der Waals surface area contributed by atoms with Crippen molar-refractivity contribution < 1.29 is 31.9 Å². The van der Waals surface area contributed by atoms with Crippen molar-refractivity contribution in [3.8, 4) is 0 Å². The standard InChI is InChI=1S/C12H10F5NO2/c13-7-4-6(5-8(14)9(7)15)18-10(19)12(16,17)11(20)2-1-3-11/h4-5,20H,1-3H2,(H,18,19). The van der Waals surface area contributed by atoms with Crippen LogP contribution in [0.25, 0.3) is 0 Å². The van der Waals surface area contributed by atoms with Gasteiger partial charge in [0.25, 0.3) is 5.91 Å². The maximum absolute atomic E-state index is 13.7. The molecule has 1 aliphatic carbocycles. The van der Waals surface area contributed by atoms with Crippen LogP contribution in [-0.4, -0.2) is 22.5 Å². The fourth-order valence-corrected chi connectivity index (χ4v) is 1.87. The van der Waals surface area contributed by atoms with Gasteiger partial charge < -0.3 is 10.4 Å². The van der Waals surface area contributed by atoms with Crippen LogP contribution >= 0.6 is 0 Å². The van der Waals surface area contributed by atoms with Gasteiger partial charge in [0.05, 0.1) is 0 Å². The van der Waals surface area contributed by atoms with Crippen LogP contribution in [-0.2, 0) is 4.79 Å². The first-order valence-electron chi connectivity index (χ1n) is 5.73. The van der Waals surface area contributed by atoms with Crippen molar-refractivity contribution in [2.75, 3.05) is 5.32 Å². The van der Waals surface area contributed by atoms with E-state index in [1.165, 1.54) is 0 Å². The molecule has 0 aromatic heterocycles. The maximum atomic E-state index is 13.7. The Labute approximate surface area is 110 Å². The van der Waals surface area contributed by atoms with E-state index >= 15 is 0 Å². The van der Waals surface area contributed by atoms with Crippen LogP contribution in [0.1, 0.15) is 19.3 Å². The SMILES string of the molecule is O=C(Nc1cc(F)c(F)c(F)c1)C(F)(F)C1(O)CCC1. The molecular formula is C12H10F5NO2. The molecule has 110 valence electrons. The fraction of sp³-hybridized carbons (Fsp3) is 0.417. The zero-order valence-electron chi connectivity index (χ0n) is 10.0. The number of aliphatic hydroxyl groups is 1. The first-order chi connectivity index (χ1) is 9.17. The fourth-order valence-electron chi connectivity index (χ4n) is 1.87. The highest BCUT2D eigenvalue weighted by atomic mass is 19.3. The number of carbonyl (C=O) groups excluding carboxylic acids is 1. The lowest BCUT2D eigenvalue weighted by Crippen LogP contribution is -2.59. The molecule has 1 aliphatic rings. The summed E-state index contributed by atoms with van der Waals surface area (Å²) in [5.41, 5.74) is -3.11. The molecule has 1 saturated carbocycles. The molecule has 2 N–H and O–H groups in total. The molecule has 0 aliphatic heterocycles. The molecule has 0 atom stereocenters. The highest BCUT2D eigenvalue weighted by Gasteiger charge is 2.61. The smallest absolute Gasteiger partial charge is 0.352 e. The third-order valence-electron chi connectivity index (χ3n) is 3.29. The normalized spacial score (nSPS) is 17.5. The quantitative estimate of drug-likeness (QED) is 0.665. The zero-order valence-corrected chi connectivity index (χ0v) is 10.0. The Balaban J connectivity index is 2.20. The zero-order chi connectivity index (χ0) is 15.1. The molecule has 2 rings (SSSR count). The van der Waals surface area contributed by atoms with Gasteiger partial charge in [-0.3, -0.25) is 4.79 Å². The van der Waals surface area contributed by atoms with Gasteiger partial charge >= 0.3 is 5.92 Å². The summed E-state index contributed by atoms with van der Waals surface area (Å²) in [5, 5.41) is 11.1. The van der Waals surface area contributed by atoms with E-state index in [1.807, 2.05) is 0 Å². The summed E-state index contributed by atoms with van der Waals surface area (Å²) in [6.07, 6.45) is -0.154. The third-order valence-corrected chi connectivity index (χ3v) is 3.29. The number of hydrogen-bond donors (Lipinski definition) is 2. The number of nitrogens with one attached hydrogen (secondary N) is 1. The largest absolute Gasteiger partial charge is 0.383 e. The predicted octanol–water partition coefficient (Wildman–Crippen LogP) is 2.59. The number of alkyl halides is 2. The van der Waals surface area contributed by atoms with Crippen LogP contribution in [0.3, 0.4) is 0 Å². The minimum absolute atomic E-state index is 0.250. The molecule has 1 amide bonds. The van der Waals surface area contributed by atoms with Crippen molar-refractivity contribution in [2.45, 2.75) is 30.8 Å².